The van der Waals surface area contributed by atoms with E-state index in [1.165, 1.54) is 6.92 Å². The maximum Gasteiger partial charge on any atom is 0.466 e. The molecular formula is C3H12O10P2. The van der Waals surface area contributed by atoms with E-state index >= 15 is 0 Å². The average Bonchev–Trinajstić information content (AvgIpc) is 1.79. The third kappa shape index (κ3) is 568. The Hall–Kier alpha value is -0.150. The number of hydrogen-bond donors (Lipinski definition) is 7. The highest BCUT2D eigenvalue weighted by molar-refractivity contribution is 7.45. The molecule has 0 saturated carbocycles. The van der Waals surface area contributed by atoms with E-state index in [0.717, 1.165) is 0 Å². The van der Waals surface area contributed by atoms with E-state index in [9.17, 15) is 4.79 Å². The number of carbonyl (C=O) groups excluding carboxylic acids is 1. The summed E-state index contributed by atoms with van der Waals surface area (Å²) in [6, 6.07) is 0. The predicted molar refractivity (Wildman–Crippen MR) is 46.3 cm³/mol. The van der Waals surface area contributed by atoms with Gasteiger partial charge >= 0.3 is 15.6 Å². The minimum atomic E-state index is -4.64. The number of hydrogen-bond acceptors (Lipinski definition) is 4. The van der Waals surface area contributed by atoms with Gasteiger partial charge in [0.15, 0.2) is 5.78 Å². The van der Waals surface area contributed by atoms with Crippen LogP contribution in [-0.4, -0.2) is 46.9 Å². The third-order valence-electron chi connectivity index (χ3n) is 0.223. The standard InChI is InChI=1S/C3H6O2.2H3O4P/c1-3(5)2-4;2*1-5(2,3)4/h4H,2H2,1H3;2*(H3,1,2,3,4). The van der Waals surface area contributed by atoms with Gasteiger partial charge in [-0.25, -0.2) is 9.13 Å². The number of aliphatic hydroxyl groups is 1. The van der Waals surface area contributed by atoms with Crippen molar-refractivity contribution >= 4 is 21.4 Å². The molecule has 0 atom stereocenters. The van der Waals surface area contributed by atoms with E-state index in [1.807, 2.05) is 0 Å². The molecule has 0 saturated heterocycles. The van der Waals surface area contributed by atoms with Gasteiger partial charge in [0, 0.05) is 0 Å². The lowest BCUT2D eigenvalue weighted by molar-refractivity contribution is -0.119. The zero-order valence-corrected chi connectivity index (χ0v) is 9.25. The summed E-state index contributed by atoms with van der Waals surface area (Å²) in [5, 5.41) is 7.79. The van der Waals surface area contributed by atoms with Crippen molar-refractivity contribution in [3.63, 3.8) is 0 Å². The third-order valence-corrected chi connectivity index (χ3v) is 0.223. The highest BCUT2D eigenvalue weighted by Crippen LogP contribution is 2.26. The summed E-state index contributed by atoms with van der Waals surface area (Å²) in [4.78, 5) is 52.7. The van der Waals surface area contributed by atoms with Crippen LogP contribution >= 0.6 is 15.6 Å². The zero-order valence-electron chi connectivity index (χ0n) is 7.46. The van der Waals surface area contributed by atoms with Crippen LogP contribution in [0.1, 0.15) is 6.92 Å². The summed E-state index contributed by atoms with van der Waals surface area (Å²) in [5.41, 5.74) is 0. The second kappa shape index (κ2) is 9.10. The fourth-order valence-corrected chi connectivity index (χ4v) is 0. The molecule has 0 aliphatic carbocycles. The molecule has 0 rings (SSSR count). The van der Waals surface area contributed by atoms with Crippen LogP contribution in [0.25, 0.3) is 0 Å². The van der Waals surface area contributed by atoms with Crippen LogP contribution in [0.2, 0.25) is 0 Å². The van der Waals surface area contributed by atoms with Crippen molar-refractivity contribution < 1.29 is 48.4 Å². The summed E-state index contributed by atoms with van der Waals surface area (Å²) in [5.74, 6) is -0.190. The molecule has 94 valence electrons. The average molecular weight is 270 g/mol. The molecule has 0 amide bonds. The van der Waals surface area contributed by atoms with Gasteiger partial charge in [-0.15, -0.1) is 0 Å². The van der Waals surface area contributed by atoms with Gasteiger partial charge < -0.3 is 34.5 Å². The van der Waals surface area contributed by atoms with E-state index in [-0.39, 0.29) is 12.4 Å². The number of rotatable bonds is 1. The lowest BCUT2D eigenvalue weighted by Gasteiger charge is -1.82. The number of ketones is 1. The second-order valence-corrected chi connectivity index (χ2v) is 3.94. The van der Waals surface area contributed by atoms with Gasteiger partial charge in [-0.1, -0.05) is 0 Å². The van der Waals surface area contributed by atoms with Crippen molar-refractivity contribution in [3.05, 3.63) is 0 Å². The van der Waals surface area contributed by atoms with Gasteiger partial charge in [-0.3, -0.25) is 4.79 Å². The van der Waals surface area contributed by atoms with Crippen LogP contribution in [0.5, 0.6) is 0 Å². The molecule has 0 heterocycles. The molecule has 0 aromatic rings. The lowest BCUT2D eigenvalue weighted by Crippen LogP contribution is -1.93. The Bertz CT molecular complexity index is 211. The first-order valence-electron chi connectivity index (χ1n) is 2.94. The van der Waals surface area contributed by atoms with Crippen LogP contribution in [0.15, 0.2) is 0 Å². The van der Waals surface area contributed by atoms with Crippen LogP contribution in [0, 0.1) is 0 Å². The molecule has 0 radical (unpaired) electrons. The van der Waals surface area contributed by atoms with Gasteiger partial charge in [0.1, 0.15) is 6.61 Å². The van der Waals surface area contributed by atoms with Crippen molar-refractivity contribution in [1.82, 2.24) is 0 Å². The Morgan fingerprint density at radius 2 is 1.00 bits per heavy atom. The topological polar surface area (TPSA) is 193 Å². The quantitative estimate of drug-likeness (QED) is 0.255. The van der Waals surface area contributed by atoms with Crippen LogP contribution in [0.3, 0.4) is 0 Å². The zero-order chi connectivity index (χ0) is 13.3. The molecule has 0 aliphatic heterocycles. The second-order valence-electron chi connectivity index (χ2n) is 1.89. The minimum Gasteiger partial charge on any atom is -0.389 e. The lowest BCUT2D eigenvalue weighted by atomic mass is 10.5. The summed E-state index contributed by atoms with van der Waals surface area (Å²) >= 11 is 0. The summed E-state index contributed by atoms with van der Waals surface area (Å²) < 4.78 is 17.8. The van der Waals surface area contributed by atoms with Crippen molar-refractivity contribution in [2.45, 2.75) is 6.92 Å². The van der Waals surface area contributed by atoms with Crippen molar-refractivity contribution in [2.75, 3.05) is 6.61 Å². The number of carbonyl (C=O) groups is 1. The predicted octanol–water partition coefficient (Wildman–Crippen LogP) is -2.29. The van der Waals surface area contributed by atoms with Crippen LogP contribution < -0.4 is 0 Å². The molecule has 7 N–H and O–H groups in total. The molecule has 12 heteroatoms. The first kappa shape index (κ1) is 20.3. The smallest absolute Gasteiger partial charge is 0.389 e. The molecule has 0 bridgehead atoms. The van der Waals surface area contributed by atoms with Gasteiger partial charge in [0.05, 0.1) is 0 Å². The van der Waals surface area contributed by atoms with Gasteiger partial charge in [-0.05, 0) is 6.92 Å². The first-order valence-corrected chi connectivity index (χ1v) is 6.07. The first-order chi connectivity index (χ1) is 6.27. The number of aliphatic hydroxyl groups excluding tert-OH is 1. The molecule has 0 aromatic heterocycles. The molecule has 10 nitrogen and oxygen atoms in total. The summed E-state index contributed by atoms with van der Waals surface area (Å²) in [7, 11) is -9.28. The minimum absolute atomic E-state index is 0.190. The Balaban J connectivity index is -0.000000144. The van der Waals surface area contributed by atoms with Crippen LogP contribution in [-0.2, 0) is 13.9 Å². The molecule has 15 heavy (non-hydrogen) atoms. The van der Waals surface area contributed by atoms with Crippen molar-refractivity contribution in [3.8, 4) is 0 Å². The summed E-state index contributed by atoms with van der Waals surface area (Å²) in [6.45, 7) is 1.000. The van der Waals surface area contributed by atoms with Crippen LogP contribution in [0.4, 0.5) is 0 Å². The Morgan fingerprint density at radius 3 is 1.00 bits per heavy atom. The molecule has 0 fully saturated rings. The van der Waals surface area contributed by atoms with Gasteiger partial charge in [0.2, 0.25) is 0 Å². The maximum absolute atomic E-state index is 9.56. The Labute approximate surface area is 84.3 Å². The van der Waals surface area contributed by atoms with Crippen molar-refractivity contribution in [2.24, 2.45) is 0 Å². The fraction of sp³-hybridized carbons (Fsp3) is 0.667. The van der Waals surface area contributed by atoms with E-state index < -0.39 is 15.6 Å². The molecule has 0 aromatic carbocycles. The highest BCUT2D eigenvalue weighted by atomic mass is 31.2. The van der Waals surface area contributed by atoms with E-state index in [4.69, 9.17) is 43.6 Å². The monoisotopic (exact) mass is 270 g/mol. The SMILES string of the molecule is CC(=O)CO.O=P(O)(O)O.O=P(O)(O)O. The summed E-state index contributed by atoms with van der Waals surface area (Å²) in [6.07, 6.45) is 0. The van der Waals surface area contributed by atoms with Gasteiger partial charge in [0.25, 0.3) is 0 Å². The van der Waals surface area contributed by atoms with E-state index in [2.05, 4.69) is 0 Å². The molecule has 0 spiro atoms. The largest absolute Gasteiger partial charge is 0.466 e. The molecular weight excluding hydrogens is 258 g/mol. The number of phosphoric acid groups is 2. The Morgan fingerprint density at radius 1 is 0.933 bits per heavy atom. The normalized spacial score (nSPS) is 10.4. The fourth-order valence-electron chi connectivity index (χ4n) is 0. The van der Waals surface area contributed by atoms with E-state index in [1.54, 1.807) is 0 Å². The van der Waals surface area contributed by atoms with Crippen molar-refractivity contribution in [1.29, 1.82) is 0 Å². The Kier molecular flexibility index (Phi) is 12.3. The van der Waals surface area contributed by atoms with E-state index in [0.29, 0.717) is 0 Å². The molecule has 0 aliphatic rings. The molecule has 0 unspecified atom stereocenters. The maximum atomic E-state index is 9.56. The number of Topliss-reactive ketones (excluding diaryl/α,β-unsaturated/α-hetero) is 1. The highest BCUT2D eigenvalue weighted by Gasteiger charge is 2.00. The van der Waals surface area contributed by atoms with Gasteiger partial charge in [-0.2, -0.15) is 0 Å².